The van der Waals surface area contributed by atoms with Gasteiger partial charge in [0.25, 0.3) is 5.91 Å². The van der Waals surface area contributed by atoms with E-state index >= 15 is 0 Å². The van der Waals surface area contributed by atoms with Gasteiger partial charge in [-0.25, -0.2) is 8.42 Å². The van der Waals surface area contributed by atoms with Crippen molar-refractivity contribution in [1.29, 1.82) is 0 Å². The SMILES string of the molecule is O=C(Nc1cccc2cccnc12)c1ccc(Cl)c(S(=O)(=O)N2CCCCCC2)c1. The fourth-order valence-corrected chi connectivity index (χ4v) is 5.68. The zero-order chi connectivity index (χ0) is 21.1. The first-order chi connectivity index (χ1) is 14.5. The Labute approximate surface area is 180 Å². The van der Waals surface area contributed by atoms with Crippen LogP contribution in [0.15, 0.2) is 59.6 Å². The summed E-state index contributed by atoms with van der Waals surface area (Å²) in [5.41, 5.74) is 1.45. The summed E-state index contributed by atoms with van der Waals surface area (Å²) >= 11 is 6.24. The van der Waals surface area contributed by atoms with E-state index in [-0.39, 0.29) is 15.5 Å². The molecule has 2 aromatic carbocycles. The molecular weight excluding hydrogens is 422 g/mol. The highest BCUT2D eigenvalue weighted by atomic mass is 35.5. The lowest BCUT2D eigenvalue weighted by atomic mass is 10.1. The number of aromatic nitrogens is 1. The molecule has 1 aliphatic rings. The highest BCUT2D eigenvalue weighted by Crippen LogP contribution is 2.28. The second-order valence-corrected chi connectivity index (χ2v) is 9.61. The van der Waals surface area contributed by atoms with E-state index < -0.39 is 15.9 Å². The summed E-state index contributed by atoms with van der Waals surface area (Å²) in [5.74, 6) is -0.419. The number of nitrogens with zero attached hydrogens (tertiary/aromatic N) is 2. The van der Waals surface area contributed by atoms with Crippen LogP contribution in [0.3, 0.4) is 0 Å². The molecule has 1 amide bonds. The van der Waals surface area contributed by atoms with Crippen molar-refractivity contribution in [3.63, 3.8) is 0 Å². The third-order valence-corrected chi connectivity index (χ3v) is 7.64. The number of pyridine rings is 1. The summed E-state index contributed by atoms with van der Waals surface area (Å²) in [6.45, 7) is 0.938. The Morgan fingerprint density at radius 3 is 2.50 bits per heavy atom. The molecular formula is C22H22ClN3O3S. The number of carbonyl (C=O) groups excluding carboxylic acids is 1. The van der Waals surface area contributed by atoms with E-state index in [1.54, 1.807) is 12.3 Å². The maximum atomic E-state index is 13.2. The molecule has 0 unspecified atom stereocenters. The van der Waals surface area contributed by atoms with Gasteiger partial charge in [-0.3, -0.25) is 9.78 Å². The molecule has 2 heterocycles. The Hall–Kier alpha value is -2.48. The fourth-order valence-electron chi connectivity index (χ4n) is 3.66. The first-order valence-electron chi connectivity index (χ1n) is 9.91. The molecule has 1 saturated heterocycles. The van der Waals surface area contributed by atoms with Gasteiger partial charge in [-0.2, -0.15) is 4.31 Å². The minimum atomic E-state index is -3.77. The van der Waals surface area contributed by atoms with Crippen LogP contribution in [0.5, 0.6) is 0 Å². The summed E-state index contributed by atoms with van der Waals surface area (Å²) in [6, 6.07) is 13.6. The largest absolute Gasteiger partial charge is 0.320 e. The molecule has 1 fully saturated rings. The topological polar surface area (TPSA) is 79.4 Å². The second-order valence-electron chi connectivity index (χ2n) is 7.30. The quantitative estimate of drug-likeness (QED) is 0.633. The molecule has 4 rings (SSSR count). The molecule has 0 saturated carbocycles. The normalized spacial score (nSPS) is 15.6. The number of fused-ring (bicyclic) bond motifs is 1. The van der Waals surface area contributed by atoms with Gasteiger partial charge in [0.2, 0.25) is 10.0 Å². The predicted molar refractivity (Wildman–Crippen MR) is 118 cm³/mol. The van der Waals surface area contributed by atoms with Gasteiger partial charge in [0.1, 0.15) is 4.90 Å². The average molecular weight is 444 g/mol. The number of hydrogen-bond donors (Lipinski definition) is 1. The van der Waals surface area contributed by atoms with Crippen molar-refractivity contribution in [2.75, 3.05) is 18.4 Å². The molecule has 3 aromatic rings. The van der Waals surface area contributed by atoms with Crippen LogP contribution in [0.25, 0.3) is 10.9 Å². The third kappa shape index (κ3) is 4.19. The Morgan fingerprint density at radius 1 is 1.00 bits per heavy atom. The molecule has 1 aliphatic heterocycles. The number of benzene rings is 2. The average Bonchev–Trinajstić information content (AvgIpc) is 3.04. The Bertz CT molecular complexity index is 1180. The zero-order valence-corrected chi connectivity index (χ0v) is 17.9. The molecule has 0 bridgehead atoms. The van der Waals surface area contributed by atoms with Crippen LogP contribution >= 0.6 is 11.6 Å². The van der Waals surface area contributed by atoms with Crippen LogP contribution in [0.1, 0.15) is 36.0 Å². The van der Waals surface area contributed by atoms with Gasteiger partial charge in [0.15, 0.2) is 0 Å². The molecule has 0 atom stereocenters. The van der Waals surface area contributed by atoms with E-state index in [1.165, 1.54) is 22.5 Å². The van der Waals surface area contributed by atoms with Crippen molar-refractivity contribution in [3.8, 4) is 0 Å². The van der Waals surface area contributed by atoms with Crippen molar-refractivity contribution in [1.82, 2.24) is 9.29 Å². The molecule has 1 aromatic heterocycles. The smallest absolute Gasteiger partial charge is 0.255 e. The van der Waals surface area contributed by atoms with Gasteiger partial charge in [-0.15, -0.1) is 0 Å². The number of nitrogens with one attached hydrogen (secondary N) is 1. The number of para-hydroxylation sites is 1. The summed E-state index contributed by atoms with van der Waals surface area (Å²) < 4.78 is 27.8. The second kappa shape index (κ2) is 8.71. The van der Waals surface area contributed by atoms with Gasteiger partial charge in [-0.1, -0.05) is 42.6 Å². The number of halogens is 1. The van der Waals surface area contributed by atoms with E-state index in [1.807, 2.05) is 24.3 Å². The van der Waals surface area contributed by atoms with E-state index in [4.69, 9.17) is 11.6 Å². The summed E-state index contributed by atoms with van der Waals surface area (Å²) in [4.78, 5) is 17.2. The highest BCUT2D eigenvalue weighted by Gasteiger charge is 2.28. The lowest BCUT2D eigenvalue weighted by molar-refractivity contribution is 0.102. The minimum absolute atomic E-state index is 0.0326. The van der Waals surface area contributed by atoms with Gasteiger partial charge >= 0.3 is 0 Å². The number of carbonyl (C=O) groups is 1. The minimum Gasteiger partial charge on any atom is -0.320 e. The number of amides is 1. The number of sulfonamides is 1. The molecule has 8 heteroatoms. The van der Waals surface area contributed by atoms with Crippen LogP contribution in [-0.4, -0.2) is 36.7 Å². The van der Waals surface area contributed by atoms with Crippen molar-refractivity contribution < 1.29 is 13.2 Å². The predicted octanol–water partition coefficient (Wildman–Crippen LogP) is 4.71. The first-order valence-corrected chi connectivity index (χ1v) is 11.7. The molecule has 156 valence electrons. The standard InChI is InChI=1S/C22H22ClN3O3S/c23-18-11-10-17(15-20(18)30(28,29)26-13-3-1-2-4-14-26)22(27)25-19-9-5-7-16-8-6-12-24-21(16)19/h5-12,15H,1-4,13-14H2,(H,25,27). The van der Waals surface area contributed by atoms with Crippen LogP contribution in [0, 0.1) is 0 Å². The van der Waals surface area contributed by atoms with Crippen LogP contribution in [-0.2, 0) is 10.0 Å². The van der Waals surface area contributed by atoms with Gasteiger partial charge in [0.05, 0.1) is 16.2 Å². The van der Waals surface area contributed by atoms with Crippen LogP contribution < -0.4 is 5.32 Å². The van der Waals surface area contributed by atoms with Gasteiger partial charge < -0.3 is 5.32 Å². The highest BCUT2D eigenvalue weighted by molar-refractivity contribution is 7.89. The number of hydrogen-bond acceptors (Lipinski definition) is 4. The van der Waals surface area contributed by atoms with Gasteiger partial charge in [0, 0.05) is 30.2 Å². The third-order valence-electron chi connectivity index (χ3n) is 5.26. The van der Waals surface area contributed by atoms with E-state index in [0.717, 1.165) is 31.1 Å². The Morgan fingerprint density at radius 2 is 1.73 bits per heavy atom. The molecule has 30 heavy (non-hydrogen) atoms. The van der Waals surface area contributed by atoms with Gasteiger partial charge in [-0.05, 0) is 43.2 Å². The van der Waals surface area contributed by atoms with Crippen LogP contribution in [0.4, 0.5) is 5.69 Å². The lowest BCUT2D eigenvalue weighted by Gasteiger charge is -2.21. The maximum absolute atomic E-state index is 13.2. The first kappa shape index (κ1) is 20.8. The molecule has 0 aliphatic carbocycles. The Kier molecular flexibility index (Phi) is 6.04. The van der Waals surface area contributed by atoms with Crippen molar-refractivity contribution in [3.05, 3.63) is 65.3 Å². The van der Waals surface area contributed by atoms with Crippen molar-refractivity contribution >= 4 is 44.1 Å². The number of rotatable bonds is 4. The van der Waals surface area contributed by atoms with E-state index in [9.17, 15) is 13.2 Å². The molecule has 1 N–H and O–H groups in total. The summed E-state index contributed by atoms with van der Waals surface area (Å²) in [6.07, 6.45) is 5.34. The lowest BCUT2D eigenvalue weighted by Crippen LogP contribution is -2.32. The monoisotopic (exact) mass is 443 g/mol. The molecule has 0 radical (unpaired) electrons. The fraction of sp³-hybridized carbons (Fsp3) is 0.273. The van der Waals surface area contributed by atoms with E-state index in [0.29, 0.717) is 24.3 Å². The number of anilines is 1. The van der Waals surface area contributed by atoms with E-state index in [2.05, 4.69) is 10.3 Å². The maximum Gasteiger partial charge on any atom is 0.255 e. The van der Waals surface area contributed by atoms with Crippen molar-refractivity contribution in [2.45, 2.75) is 30.6 Å². The zero-order valence-electron chi connectivity index (χ0n) is 16.3. The van der Waals surface area contributed by atoms with Crippen molar-refractivity contribution in [2.24, 2.45) is 0 Å². The molecule has 0 spiro atoms. The Balaban J connectivity index is 1.64. The summed E-state index contributed by atoms with van der Waals surface area (Å²) in [5, 5.41) is 3.85. The van der Waals surface area contributed by atoms with Crippen LogP contribution in [0.2, 0.25) is 5.02 Å². The summed E-state index contributed by atoms with van der Waals surface area (Å²) in [7, 11) is -3.77. The molecule has 6 nitrogen and oxygen atoms in total.